The predicted molar refractivity (Wildman–Crippen MR) is 66.1 cm³/mol. The molecular weight excluding hydrogens is 247 g/mol. The monoisotopic (exact) mass is 258 g/mol. The highest BCUT2D eigenvalue weighted by molar-refractivity contribution is 6.33. The Bertz CT molecular complexity index is 420. The van der Waals surface area contributed by atoms with E-state index < -0.39 is 0 Å². The van der Waals surface area contributed by atoms with Gasteiger partial charge >= 0.3 is 0 Å². The van der Waals surface area contributed by atoms with Gasteiger partial charge in [0.2, 0.25) is 0 Å². The van der Waals surface area contributed by atoms with Crippen LogP contribution in [0.3, 0.4) is 0 Å². The first kappa shape index (κ1) is 11.6. The molecule has 5 heteroatoms. The summed E-state index contributed by atoms with van der Waals surface area (Å²) in [6.07, 6.45) is 1.69. The average Bonchev–Trinajstić information content (AvgIpc) is 2.66. The van der Waals surface area contributed by atoms with Crippen molar-refractivity contribution in [1.29, 1.82) is 0 Å². The molecule has 2 rings (SSSR count). The molecule has 2 N–H and O–H groups in total. The molecule has 0 fully saturated rings. The topological polar surface area (TPSA) is 47.6 Å². The summed E-state index contributed by atoms with van der Waals surface area (Å²) in [5.41, 5.74) is 6.47. The summed E-state index contributed by atoms with van der Waals surface area (Å²) in [6.45, 7) is 0.560. The van der Waals surface area contributed by atoms with E-state index in [4.69, 9.17) is 33.7 Å². The number of halogens is 2. The highest BCUT2D eigenvalue weighted by Crippen LogP contribution is 2.23. The molecule has 0 amide bonds. The van der Waals surface area contributed by atoms with E-state index in [9.17, 15) is 0 Å². The van der Waals surface area contributed by atoms with E-state index in [0.717, 1.165) is 23.4 Å². The van der Waals surface area contributed by atoms with Crippen molar-refractivity contribution in [2.75, 3.05) is 6.61 Å². The minimum atomic E-state index is 0.134. The van der Waals surface area contributed by atoms with Gasteiger partial charge in [0.1, 0.15) is 6.61 Å². The van der Waals surface area contributed by atoms with Crippen molar-refractivity contribution in [3.63, 3.8) is 0 Å². The lowest BCUT2D eigenvalue weighted by atomic mass is 10.1. The van der Waals surface area contributed by atoms with Crippen LogP contribution in [0.2, 0.25) is 10.0 Å². The molecule has 1 atom stereocenters. The molecule has 0 aliphatic carbocycles. The Kier molecular flexibility index (Phi) is 3.56. The Balaban J connectivity index is 1.97. The second kappa shape index (κ2) is 4.93. The number of ether oxygens (including phenoxy) is 1. The fourth-order valence-electron chi connectivity index (χ4n) is 1.64. The smallest absolute Gasteiger partial charge is 0.282 e. The number of hydrogen-bond donors (Lipinski definition) is 1. The second-order valence-corrected chi connectivity index (χ2v) is 4.55. The summed E-state index contributed by atoms with van der Waals surface area (Å²) in [4.78, 5) is 4.15. The van der Waals surface area contributed by atoms with Crippen LogP contribution in [0, 0.1) is 0 Å². The van der Waals surface area contributed by atoms with Gasteiger partial charge in [0.25, 0.3) is 6.02 Å². The quantitative estimate of drug-likeness (QED) is 0.907. The molecule has 1 aliphatic rings. The standard InChI is InChI=1S/C11H12Cl2N2O/c12-8-2-4-10(13)7(5-8)1-3-9-6-16-11(14)15-9/h2,4-5,9H,1,3,6H2,(H2,14,15)/t9-/m0/s1. The third kappa shape index (κ3) is 2.80. The third-order valence-electron chi connectivity index (χ3n) is 2.49. The molecule has 16 heavy (non-hydrogen) atoms. The normalized spacial score (nSPS) is 19.4. The molecule has 0 aromatic heterocycles. The Labute approximate surface area is 104 Å². The summed E-state index contributed by atoms with van der Waals surface area (Å²) in [6, 6.07) is 5.88. The van der Waals surface area contributed by atoms with Gasteiger partial charge in [-0.25, -0.2) is 4.99 Å². The summed E-state index contributed by atoms with van der Waals surface area (Å²) < 4.78 is 5.08. The van der Waals surface area contributed by atoms with Crippen LogP contribution in [0.1, 0.15) is 12.0 Å². The van der Waals surface area contributed by atoms with Crippen molar-refractivity contribution in [2.45, 2.75) is 18.9 Å². The number of amidine groups is 1. The highest BCUT2D eigenvalue weighted by atomic mass is 35.5. The molecule has 0 saturated carbocycles. The van der Waals surface area contributed by atoms with Crippen molar-refractivity contribution >= 4 is 29.2 Å². The minimum absolute atomic E-state index is 0.134. The largest absolute Gasteiger partial charge is 0.463 e. The van der Waals surface area contributed by atoms with Crippen molar-refractivity contribution in [3.8, 4) is 0 Å². The number of nitrogens with zero attached hydrogens (tertiary/aromatic N) is 1. The van der Waals surface area contributed by atoms with Gasteiger partial charge in [0.05, 0.1) is 6.04 Å². The number of aliphatic imine (C=N–C) groups is 1. The lowest BCUT2D eigenvalue weighted by Crippen LogP contribution is -2.10. The average molecular weight is 259 g/mol. The number of aryl methyl sites for hydroxylation is 1. The van der Waals surface area contributed by atoms with Gasteiger partial charge in [-0.3, -0.25) is 0 Å². The molecule has 0 saturated heterocycles. The Morgan fingerprint density at radius 3 is 2.94 bits per heavy atom. The first-order valence-electron chi connectivity index (χ1n) is 5.05. The third-order valence-corrected chi connectivity index (χ3v) is 3.09. The van der Waals surface area contributed by atoms with E-state index >= 15 is 0 Å². The number of nitrogens with two attached hydrogens (primary N) is 1. The van der Waals surface area contributed by atoms with Gasteiger partial charge in [0, 0.05) is 10.0 Å². The summed E-state index contributed by atoms with van der Waals surface area (Å²) in [5.74, 6) is 0. The van der Waals surface area contributed by atoms with E-state index in [-0.39, 0.29) is 12.1 Å². The van der Waals surface area contributed by atoms with E-state index in [0.29, 0.717) is 11.6 Å². The molecule has 1 heterocycles. The van der Waals surface area contributed by atoms with Gasteiger partial charge in [-0.05, 0) is 36.6 Å². The van der Waals surface area contributed by atoms with Crippen LogP contribution in [0.5, 0.6) is 0 Å². The molecule has 0 bridgehead atoms. The Hall–Kier alpha value is -0.930. The summed E-state index contributed by atoms with van der Waals surface area (Å²) in [7, 11) is 0. The molecule has 86 valence electrons. The molecule has 0 radical (unpaired) electrons. The van der Waals surface area contributed by atoms with Crippen LogP contribution in [0.15, 0.2) is 23.2 Å². The molecule has 0 spiro atoms. The fourth-order valence-corrected chi connectivity index (χ4v) is 2.05. The van der Waals surface area contributed by atoms with E-state index in [1.165, 1.54) is 0 Å². The number of hydrogen-bond acceptors (Lipinski definition) is 3. The second-order valence-electron chi connectivity index (χ2n) is 3.71. The van der Waals surface area contributed by atoms with Crippen LogP contribution in [0.25, 0.3) is 0 Å². The van der Waals surface area contributed by atoms with Gasteiger partial charge in [-0.2, -0.15) is 0 Å². The van der Waals surface area contributed by atoms with Gasteiger partial charge < -0.3 is 10.5 Å². The zero-order chi connectivity index (χ0) is 11.5. The zero-order valence-corrected chi connectivity index (χ0v) is 10.1. The van der Waals surface area contributed by atoms with Crippen LogP contribution in [-0.4, -0.2) is 18.7 Å². The molecule has 3 nitrogen and oxygen atoms in total. The van der Waals surface area contributed by atoms with Crippen LogP contribution < -0.4 is 5.73 Å². The van der Waals surface area contributed by atoms with Crippen molar-refractivity contribution in [2.24, 2.45) is 10.7 Å². The summed E-state index contributed by atoms with van der Waals surface area (Å²) in [5, 5.41) is 1.44. The summed E-state index contributed by atoms with van der Waals surface area (Å²) >= 11 is 12.0. The Morgan fingerprint density at radius 2 is 2.25 bits per heavy atom. The highest BCUT2D eigenvalue weighted by Gasteiger charge is 2.16. The van der Waals surface area contributed by atoms with E-state index in [1.54, 1.807) is 6.07 Å². The van der Waals surface area contributed by atoms with Crippen molar-refractivity contribution in [1.82, 2.24) is 0 Å². The van der Waals surface area contributed by atoms with Crippen LogP contribution >= 0.6 is 23.2 Å². The van der Waals surface area contributed by atoms with Gasteiger partial charge in [-0.15, -0.1) is 0 Å². The van der Waals surface area contributed by atoms with E-state index in [1.807, 2.05) is 12.1 Å². The molecule has 0 unspecified atom stereocenters. The van der Waals surface area contributed by atoms with Gasteiger partial charge in [0.15, 0.2) is 0 Å². The number of benzene rings is 1. The van der Waals surface area contributed by atoms with Crippen LogP contribution in [0.4, 0.5) is 0 Å². The van der Waals surface area contributed by atoms with E-state index in [2.05, 4.69) is 4.99 Å². The fraction of sp³-hybridized carbons (Fsp3) is 0.364. The minimum Gasteiger partial charge on any atom is -0.463 e. The van der Waals surface area contributed by atoms with Crippen LogP contribution in [-0.2, 0) is 11.2 Å². The first-order valence-corrected chi connectivity index (χ1v) is 5.81. The maximum absolute atomic E-state index is 6.06. The van der Waals surface area contributed by atoms with Crippen molar-refractivity contribution < 1.29 is 4.74 Å². The molecule has 1 aliphatic heterocycles. The zero-order valence-electron chi connectivity index (χ0n) is 8.62. The maximum Gasteiger partial charge on any atom is 0.282 e. The first-order chi connectivity index (χ1) is 7.65. The SMILES string of the molecule is NC1=N[C@@H](CCc2cc(Cl)ccc2Cl)CO1. The number of rotatable bonds is 3. The molecular formula is C11H12Cl2N2O. The predicted octanol–water partition coefficient (Wildman–Crippen LogP) is 2.64. The lowest BCUT2D eigenvalue weighted by Gasteiger charge is -2.07. The lowest BCUT2D eigenvalue weighted by molar-refractivity contribution is 0.308. The molecule has 1 aromatic carbocycles. The van der Waals surface area contributed by atoms with Gasteiger partial charge in [-0.1, -0.05) is 23.2 Å². The van der Waals surface area contributed by atoms with Crippen molar-refractivity contribution in [3.05, 3.63) is 33.8 Å². The molecule has 1 aromatic rings. The Morgan fingerprint density at radius 1 is 1.44 bits per heavy atom. The maximum atomic E-state index is 6.06.